The zero-order valence-corrected chi connectivity index (χ0v) is 15.5. The highest BCUT2D eigenvalue weighted by atomic mass is 19.1. The topological polar surface area (TPSA) is 54.4 Å². The van der Waals surface area contributed by atoms with Crippen molar-refractivity contribution in [1.82, 2.24) is 10.3 Å². The average Bonchev–Trinajstić information content (AvgIpc) is 2.72. The lowest BCUT2D eigenvalue weighted by Gasteiger charge is -2.24. The zero-order chi connectivity index (χ0) is 19.9. The van der Waals surface area contributed by atoms with Crippen molar-refractivity contribution in [3.63, 3.8) is 0 Å². The standard InChI is InChI=1S/C22H22F2N2O2/c1-15(14-27)26-20(13-16-9-11-25-12-10-16)18-7-8-19(23)22(21(18)24)28-17-5-3-2-4-6-17/h2-12,15,20,26-27H,13-14H2,1H3/t15?,20-/m0/s1. The lowest BCUT2D eigenvalue weighted by Crippen LogP contribution is -2.34. The van der Waals surface area contributed by atoms with Crippen LogP contribution in [-0.2, 0) is 6.42 Å². The molecule has 2 atom stereocenters. The third-order valence-electron chi connectivity index (χ3n) is 4.37. The molecule has 0 saturated carbocycles. The molecule has 1 unspecified atom stereocenters. The third kappa shape index (κ3) is 4.91. The van der Waals surface area contributed by atoms with Crippen molar-refractivity contribution in [1.29, 1.82) is 0 Å². The van der Waals surface area contributed by atoms with Gasteiger partial charge < -0.3 is 15.2 Å². The van der Waals surface area contributed by atoms with Crippen LogP contribution in [0, 0.1) is 11.6 Å². The number of ether oxygens (including phenoxy) is 1. The number of pyridine rings is 1. The van der Waals surface area contributed by atoms with Crippen molar-refractivity contribution >= 4 is 0 Å². The van der Waals surface area contributed by atoms with Gasteiger partial charge in [0.1, 0.15) is 5.75 Å². The molecule has 1 aromatic heterocycles. The molecule has 3 aromatic rings. The lowest BCUT2D eigenvalue weighted by molar-refractivity contribution is 0.239. The van der Waals surface area contributed by atoms with Crippen LogP contribution >= 0.6 is 0 Å². The van der Waals surface area contributed by atoms with Crippen LogP contribution < -0.4 is 10.1 Å². The van der Waals surface area contributed by atoms with Crippen molar-refractivity contribution in [2.45, 2.75) is 25.4 Å². The van der Waals surface area contributed by atoms with Crippen LogP contribution in [0.25, 0.3) is 0 Å². The molecule has 0 spiro atoms. The van der Waals surface area contributed by atoms with Crippen molar-refractivity contribution in [2.75, 3.05) is 6.61 Å². The Morgan fingerprint density at radius 1 is 1.04 bits per heavy atom. The van der Waals surface area contributed by atoms with Gasteiger partial charge in [0.25, 0.3) is 0 Å². The second-order valence-electron chi connectivity index (χ2n) is 6.56. The number of hydrogen-bond acceptors (Lipinski definition) is 4. The van der Waals surface area contributed by atoms with Crippen molar-refractivity contribution in [2.24, 2.45) is 0 Å². The van der Waals surface area contributed by atoms with E-state index in [2.05, 4.69) is 10.3 Å². The van der Waals surface area contributed by atoms with E-state index in [9.17, 15) is 9.50 Å². The number of aliphatic hydroxyl groups excluding tert-OH is 1. The average molecular weight is 384 g/mol. The van der Waals surface area contributed by atoms with Crippen molar-refractivity contribution in [3.05, 3.63) is 89.8 Å². The van der Waals surface area contributed by atoms with Gasteiger partial charge in [0.05, 0.1) is 6.61 Å². The molecular weight excluding hydrogens is 362 g/mol. The number of nitrogens with one attached hydrogen (secondary N) is 1. The summed E-state index contributed by atoms with van der Waals surface area (Å²) in [5, 5.41) is 12.6. The van der Waals surface area contributed by atoms with E-state index in [1.165, 1.54) is 12.1 Å². The highest BCUT2D eigenvalue weighted by Crippen LogP contribution is 2.33. The van der Waals surface area contributed by atoms with Gasteiger partial charge in [-0.25, -0.2) is 8.78 Å². The summed E-state index contributed by atoms with van der Waals surface area (Å²) in [5.41, 5.74) is 1.20. The Morgan fingerprint density at radius 2 is 1.75 bits per heavy atom. The number of para-hydroxylation sites is 1. The molecular formula is C22H22F2N2O2. The summed E-state index contributed by atoms with van der Waals surface area (Å²) in [6.45, 7) is 1.69. The van der Waals surface area contributed by atoms with Gasteiger partial charge in [-0.3, -0.25) is 4.98 Å². The molecule has 146 valence electrons. The SMILES string of the molecule is CC(CO)N[C@@H](Cc1ccncc1)c1ccc(F)c(Oc2ccccc2)c1F. The number of aromatic nitrogens is 1. The molecule has 1 heterocycles. The molecule has 3 rings (SSSR count). The second kappa shape index (κ2) is 9.39. The van der Waals surface area contributed by atoms with Gasteiger partial charge >= 0.3 is 0 Å². The third-order valence-corrected chi connectivity index (χ3v) is 4.37. The first kappa shape index (κ1) is 19.9. The minimum atomic E-state index is -0.775. The van der Waals surface area contributed by atoms with Crippen LogP contribution in [0.1, 0.15) is 24.1 Å². The molecule has 0 amide bonds. The summed E-state index contributed by atoms with van der Waals surface area (Å²) >= 11 is 0. The zero-order valence-electron chi connectivity index (χ0n) is 15.5. The van der Waals surface area contributed by atoms with Gasteiger partial charge in [0, 0.05) is 30.0 Å². The van der Waals surface area contributed by atoms with Crippen LogP contribution in [0.5, 0.6) is 11.5 Å². The number of nitrogens with zero attached hydrogens (tertiary/aromatic N) is 1. The maximum atomic E-state index is 15.2. The Kier molecular flexibility index (Phi) is 6.68. The fourth-order valence-electron chi connectivity index (χ4n) is 2.93. The predicted molar refractivity (Wildman–Crippen MR) is 103 cm³/mol. The van der Waals surface area contributed by atoms with Gasteiger partial charge in [-0.15, -0.1) is 0 Å². The number of rotatable bonds is 8. The fourth-order valence-corrected chi connectivity index (χ4v) is 2.93. The van der Waals surface area contributed by atoms with E-state index in [0.717, 1.165) is 5.56 Å². The molecule has 0 fully saturated rings. The summed E-state index contributed by atoms with van der Waals surface area (Å²) in [6.07, 6.45) is 3.76. The van der Waals surface area contributed by atoms with Gasteiger partial charge in [0.15, 0.2) is 17.4 Å². The molecule has 2 aromatic carbocycles. The van der Waals surface area contributed by atoms with E-state index in [1.54, 1.807) is 49.6 Å². The molecule has 2 N–H and O–H groups in total. The summed E-state index contributed by atoms with van der Waals surface area (Å²) in [6, 6.07) is 14.0. The number of aliphatic hydroxyl groups is 1. The predicted octanol–water partition coefficient (Wildman–Crippen LogP) is 4.41. The van der Waals surface area contributed by atoms with E-state index in [-0.39, 0.29) is 18.2 Å². The summed E-state index contributed by atoms with van der Waals surface area (Å²) in [7, 11) is 0. The van der Waals surface area contributed by atoms with Crippen LogP contribution in [0.15, 0.2) is 67.0 Å². The molecule has 0 radical (unpaired) electrons. The van der Waals surface area contributed by atoms with E-state index < -0.39 is 23.4 Å². The van der Waals surface area contributed by atoms with Gasteiger partial charge in [-0.05, 0) is 49.2 Å². The maximum absolute atomic E-state index is 15.2. The van der Waals surface area contributed by atoms with Gasteiger partial charge in [-0.1, -0.05) is 24.3 Å². The summed E-state index contributed by atoms with van der Waals surface area (Å²) in [5.74, 6) is -1.63. The largest absolute Gasteiger partial charge is 0.451 e. The van der Waals surface area contributed by atoms with Gasteiger partial charge in [0.2, 0.25) is 0 Å². The first-order valence-corrected chi connectivity index (χ1v) is 9.05. The van der Waals surface area contributed by atoms with Crippen LogP contribution in [0.4, 0.5) is 8.78 Å². The Hall–Kier alpha value is -2.83. The summed E-state index contributed by atoms with van der Waals surface area (Å²) in [4.78, 5) is 3.99. The molecule has 0 bridgehead atoms. The highest BCUT2D eigenvalue weighted by molar-refractivity contribution is 5.39. The molecule has 6 heteroatoms. The van der Waals surface area contributed by atoms with E-state index >= 15 is 4.39 Å². The fraction of sp³-hybridized carbons (Fsp3) is 0.227. The normalized spacial score (nSPS) is 13.1. The first-order valence-electron chi connectivity index (χ1n) is 9.05. The lowest BCUT2D eigenvalue weighted by atomic mass is 9.97. The number of hydrogen-bond donors (Lipinski definition) is 2. The smallest absolute Gasteiger partial charge is 0.198 e. The van der Waals surface area contributed by atoms with Crippen LogP contribution in [0.3, 0.4) is 0 Å². The second-order valence-corrected chi connectivity index (χ2v) is 6.56. The van der Waals surface area contributed by atoms with Crippen molar-refractivity contribution < 1.29 is 18.6 Å². The Morgan fingerprint density at radius 3 is 2.43 bits per heavy atom. The van der Waals surface area contributed by atoms with E-state index in [1.807, 2.05) is 12.1 Å². The molecule has 0 saturated heterocycles. The summed E-state index contributed by atoms with van der Waals surface area (Å²) < 4.78 is 35.0. The van der Waals surface area contributed by atoms with E-state index in [0.29, 0.717) is 12.2 Å². The molecule has 0 aliphatic heterocycles. The van der Waals surface area contributed by atoms with E-state index in [4.69, 9.17) is 4.74 Å². The van der Waals surface area contributed by atoms with Gasteiger partial charge in [-0.2, -0.15) is 0 Å². The van der Waals surface area contributed by atoms with Crippen molar-refractivity contribution in [3.8, 4) is 11.5 Å². The first-order chi connectivity index (χ1) is 13.6. The Balaban J connectivity index is 1.95. The number of halogens is 2. The van der Waals surface area contributed by atoms with Crippen LogP contribution in [0.2, 0.25) is 0 Å². The maximum Gasteiger partial charge on any atom is 0.198 e. The molecule has 0 aliphatic carbocycles. The quantitative estimate of drug-likeness (QED) is 0.604. The molecule has 28 heavy (non-hydrogen) atoms. The number of benzene rings is 2. The minimum Gasteiger partial charge on any atom is -0.451 e. The monoisotopic (exact) mass is 384 g/mol. The molecule has 0 aliphatic rings. The Labute approximate surface area is 162 Å². The minimum absolute atomic E-state index is 0.108. The highest BCUT2D eigenvalue weighted by Gasteiger charge is 2.23. The molecule has 4 nitrogen and oxygen atoms in total. The Bertz CT molecular complexity index is 892. The van der Waals surface area contributed by atoms with Crippen LogP contribution in [-0.4, -0.2) is 22.7 Å².